The van der Waals surface area contributed by atoms with Gasteiger partial charge < -0.3 is 14.8 Å². The second-order valence-electron chi connectivity index (χ2n) is 4.58. The lowest BCUT2D eigenvalue weighted by Crippen LogP contribution is -2.02. The predicted molar refractivity (Wildman–Crippen MR) is 83.8 cm³/mol. The number of ether oxygens (including phenoxy) is 2. The van der Waals surface area contributed by atoms with Gasteiger partial charge >= 0.3 is 0 Å². The van der Waals surface area contributed by atoms with Crippen LogP contribution in [0.25, 0.3) is 0 Å². The van der Waals surface area contributed by atoms with Gasteiger partial charge in [0.05, 0.1) is 10.7 Å². The van der Waals surface area contributed by atoms with Crippen LogP contribution in [0.3, 0.4) is 0 Å². The Labute approximate surface area is 131 Å². The molecule has 0 spiro atoms. The van der Waals surface area contributed by atoms with Gasteiger partial charge in [-0.2, -0.15) is 0 Å². The van der Waals surface area contributed by atoms with Crippen molar-refractivity contribution in [2.45, 2.75) is 13.5 Å². The molecule has 104 valence electrons. The molecule has 2 aromatic rings. The summed E-state index contributed by atoms with van der Waals surface area (Å²) in [7, 11) is 0. The van der Waals surface area contributed by atoms with Gasteiger partial charge in [0.15, 0.2) is 11.5 Å². The summed E-state index contributed by atoms with van der Waals surface area (Å²) in [6.45, 7) is 2.97. The van der Waals surface area contributed by atoms with Crippen LogP contribution in [0.15, 0.2) is 34.8 Å². The molecular formula is C15H13BrClNO2. The van der Waals surface area contributed by atoms with Gasteiger partial charge in [0.2, 0.25) is 6.79 Å². The Morgan fingerprint density at radius 3 is 2.75 bits per heavy atom. The Kier molecular flexibility index (Phi) is 3.76. The van der Waals surface area contributed by atoms with Gasteiger partial charge in [-0.3, -0.25) is 0 Å². The number of fused-ring (bicyclic) bond motifs is 1. The van der Waals surface area contributed by atoms with E-state index in [0.29, 0.717) is 6.54 Å². The first kappa shape index (κ1) is 13.6. The summed E-state index contributed by atoms with van der Waals surface area (Å²) >= 11 is 9.76. The maximum Gasteiger partial charge on any atom is 0.231 e. The third-order valence-electron chi connectivity index (χ3n) is 3.22. The molecule has 5 heteroatoms. The number of hydrogen-bond acceptors (Lipinski definition) is 3. The molecule has 2 aromatic carbocycles. The molecule has 0 unspecified atom stereocenters. The molecule has 0 saturated heterocycles. The van der Waals surface area contributed by atoms with E-state index in [0.717, 1.165) is 37.8 Å². The van der Waals surface area contributed by atoms with E-state index in [2.05, 4.69) is 21.2 Å². The number of aryl methyl sites for hydroxylation is 1. The van der Waals surface area contributed by atoms with E-state index >= 15 is 0 Å². The number of para-hydroxylation sites is 1. The van der Waals surface area contributed by atoms with E-state index < -0.39 is 0 Å². The third-order valence-corrected chi connectivity index (χ3v) is 4.27. The highest BCUT2D eigenvalue weighted by Crippen LogP contribution is 2.37. The summed E-state index contributed by atoms with van der Waals surface area (Å²) in [6.07, 6.45) is 0. The lowest BCUT2D eigenvalue weighted by Gasteiger charge is -2.13. The van der Waals surface area contributed by atoms with E-state index in [1.54, 1.807) is 0 Å². The fraction of sp³-hybridized carbons (Fsp3) is 0.200. The van der Waals surface area contributed by atoms with Gasteiger partial charge in [0, 0.05) is 11.0 Å². The fourth-order valence-corrected chi connectivity index (χ4v) is 2.89. The zero-order valence-corrected chi connectivity index (χ0v) is 13.2. The summed E-state index contributed by atoms with van der Waals surface area (Å²) in [4.78, 5) is 0. The normalized spacial score (nSPS) is 12.6. The molecule has 0 aliphatic carbocycles. The Balaban J connectivity index is 1.82. The SMILES string of the molecule is Cc1cccc(Cl)c1NCc1cc2c(cc1Br)OCO2. The highest BCUT2D eigenvalue weighted by molar-refractivity contribution is 9.10. The largest absolute Gasteiger partial charge is 0.454 e. The molecule has 1 heterocycles. The van der Waals surface area contributed by atoms with Gasteiger partial charge in [-0.05, 0) is 36.2 Å². The van der Waals surface area contributed by atoms with E-state index in [1.807, 2.05) is 37.3 Å². The lowest BCUT2D eigenvalue weighted by atomic mass is 10.1. The summed E-state index contributed by atoms with van der Waals surface area (Å²) in [5.74, 6) is 1.55. The van der Waals surface area contributed by atoms with E-state index in [4.69, 9.17) is 21.1 Å². The van der Waals surface area contributed by atoms with Gasteiger partial charge in [0.1, 0.15) is 0 Å². The standard InChI is InChI=1S/C15H13BrClNO2/c1-9-3-2-4-12(17)15(9)18-7-10-5-13-14(6-11(10)16)20-8-19-13/h2-6,18H,7-8H2,1H3. The van der Waals surface area contributed by atoms with Gasteiger partial charge in [-0.1, -0.05) is 39.7 Å². The van der Waals surface area contributed by atoms with Crippen LogP contribution in [-0.4, -0.2) is 6.79 Å². The Morgan fingerprint density at radius 2 is 2.00 bits per heavy atom. The quantitative estimate of drug-likeness (QED) is 0.862. The number of benzene rings is 2. The van der Waals surface area contributed by atoms with Gasteiger partial charge in [-0.15, -0.1) is 0 Å². The highest BCUT2D eigenvalue weighted by atomic mass is 79.9. The summed E-state index contributed by atoms with van der Waals surface area (Å²) < 4.78 is 11.7. The van der Waals surface area contributed by atoms with Crippen LogP contribution in [0.5, 0.6) is 11.5 Å². The molecule has 0 saturated carbocycles. The number of rotatable bonds is 3. The average molecular weight is 355 g/mol. The minimum atomic E-state index is 0.280. The molecule has 0 aromatic heterocycles. The highest BCUT2D eigenvalue weighted by Gasteiger charge is 2.16. The third kappa shape index (κ3) is 2.58. The van der Waals surface area contributed by atoms with Crippen LogP contribution in [0.2, 0.25) is 5.02 Å². The molecule has 0 atom stereocenters. The van der Waals surface area contributed by atoms with Crippen molar-refractivity contribution < 1.29 is 9.47 Å². The summed E-state index contributed by atoms with van der Waals surface area (Å²) in [6, 6.07) is 9.76. The minimum Gasteiger partial charge on any atom is -0.454 e. The molecule has 0 radical (unpaired) electrons. The summed E-state index contributed by atoms with van der Waals surface area (Å²) in [5.41, 5.74) is 3.17. The molecule has 3 nitrogen and oxygen atoms in total. The van der Waals surface area contributed by atoms with E-state index in [1.165, 1.54) is 0 Å². The zero-order valence-electron chi connectivity index (χ0n) is 10.9. The van der Waals surface area contributed by atoms with E-state index in [9.17, 15) is 0 Å². The van der Waals surface area contributed by atoms with Gasteiger partial charge in [0.25, 0.3) is 0 Å². The molecule has 0 amide bonds. The van der Waals surface area contributed by atoms with Crippen molar-refractivity contribution in [1.29, 1.82) is 0 Å². The van der Waals surface area contributed by atoms with Crippen molar-refractivity contribution in [3.8, 4) is 11.5 Å². The lowest BCUT2D eigenvalue weighted by molar-refractivity contribution is 0.174. The van der Waals surface area contributed by atoms with Crippen LogP contribution < -0.4 is 14.8 Å². The molecule has 1 N–H and O–H groups in total. The molecule has 0 bridgehead atoms. The topological polar surface area (TPSA) is 30.5 Å². The second-order valence-corrected chi connectivity index (χ2v) is 5.84. The second kappa shape index (κ2) is 5.54. The molecule has 20 heavy (non-hydrogen) atoms. The molecular weight excluding hydrogens is 342 g/mol. The minimum absolute atomic E-state index is 0.280. The fourth-order valence-electron chi connectivity index (χ4n) is 2.13. The number of hydrogen-bond donors (Lipinski definition) is 1. The van der Waals surface area contributed by atoms with Crippen molar-refractivity contribution in [2.24, 2.45) is 0 Å². The zero-order chi connectivity index (χ0) is 14.1. The number of anilines is 1. The molecule has 1 aliphatic heterocycles. The maximum atomic E-state index is 6.21. The van der Waals surface area contributed by atoms with E-state index in [-0.39, 0.29) is 6.79 Å². The Bertz CT molecular complexity index is 640. The van der Waals surface area contributed by atoms with Crippen molar-refractivity contribution in [3.05, 3.63) is 51.0 Å². The predicted octanol–water partition coefficient (Wildman–Crippen LogP) is 4.75. The molecule has 0 fully saturated rings. The van der Waals surface area contributed by atoms with Crippen molar-refractivity contribution in [1.82, 2.24) is 0 Å². The summed E-state index contributed by atoms with van der Waals surface area (Å²) in [5, 5.41) is 4.10. The first-order valence-electron chi connectivity index (χ1n) is 6.22. The maximum absolute atomic E-state index is 6.21. The van der Waals surface area contributed by atoms with Crippen molar-refractivity contribution in [3.63, 3.8) is 0 Å². The first-order valence-corrected chi connectivity index (χ1v) is 7.39. The monoisotopic (exact) mass is 353 g/mol. The van der Waals surface area contributed by atoms with Crippen molar-refractivity contribution >= 4 is 33.2 Å². The Morgan fingerprint density at radius 1 is 1.25 bits per heavy atom. The van der Waals surface area contributed by atoms with Crippen LogP contribution in [0.4, 0.5) is 5.69 Å². The van der Waals surface area contributed by atoms with Crippen LogP contribution in [-0.2, 0) is 6.54 Å². The smallest absolute Gasteiger partial charge is 0.231 e. The molecule has 3 rings (SSSR count). The Hall–Kier alpha value is -1.39. The van der Waals surface area contributed by atoms with Crippen molar-refractivity contribution in [2.75, 3.05) is 12.1 Å². The number of nitrogens with one attached hydrogen (secondary N) is 1. The molecule has 1 aliphatic rings. The van der Waals surface area contributed by atoms with Crippen LogP contribution >= 0.6 is 27.5 Å². The average Bonchev–Trinajstić information content (AvgIpc) is 2.85. The van der Waals surface area contributed by atoms with Crippen LogP contribution in [0, 0.1) is 6.92 Å². The van der Waals surface area contributed by atoms with Crippen LogP contribution in [0.1, 0.15) is 11.1 Å². The first-order chi connectivity index (χ1) is 9.65. The van der Waals surface area contributed by atoms with Gasteiger partial charge in [-0.25, -0.2) is 0 Å². The number of halogens is 2.